The van der Waals surface area contributed by atoms with Gasteiger partial charge in [-0.2, -0.15) is 0 Å². The van der Waals surface area contributed by atoms with Crippen molar-refractivity contribution in [1.29, 1.82) is 0 Å². The molecule has 0 radical (unpaired) electrons. The number of thiophene rings is 1. The van der Waals surface area contributed by atoms with E-state index in [1.165, 1.54) is 11.3 Å². The van der Waals surface area contributed by atoms with Crippen molar-refractivity contribution in [2.45, 2.75) is 31.1 Å². The Morgan fingerprint density at radius 2 is 1.76 bits per heavy atom. The number of hydrogen-bond donors (Lipinski definition) is 2. The summed E-state index contributed by atoms with van der Waals surface area (Å²) >= 11 is 1.30. The van der Waals surface area contributed by atoms with Crippen molar-refractivity contribution >= 4 is 21.4 Å². The molecule has 21 heavy (non-hydrogen) atoms. The van der Waals surface area contributed by atoms with E-state index in [0.29, 0.717) is 17.3 Å². The van der Waals surface area contributed by atoms with Crippen LogP contribution in [0.4, 0.5) is 0 Å². The summed E-state index contributed by atoms with van der Waals surface area (Å²) in [5, 5.41) is 3.19. The first kappa shape index (κ1) is 16.2. The minimum Gasteiger partial charge on any atom is -0.312 e. The van der Waals surface area contributed by atoms with E-state index >= 15 is 0 Å². The molecule has 1 aromatic heterocycles. The van der Waals surface area contributed by atoms with Gasteiger partial charge in [0.1, 0.15) is 4.21 Å². The summed E-state index contributed by atoms with van der Waals surface area (Å²) in [6, 6.07) is 11.3. The third kappa shape index (κ3) is 4.64. The van der Waals surface area contributed by atoms with E-state index < -0.39 is 10.0 Å². The lowest BCUT2D eigenvalue weighted by Crippen LogP contribution is -2.22. The second-order valence-corrected chi connectivity index (χ2v) is 7.97. The summed E-state index contributed by atoms with van der Waals surface area (Å²) < 4.78 is 27.5. The molecule has 0 unspecified atom stereocenters. The predicted molar refractivity (Wildman–Crippen MR) is 86.9 cm³/mol. The van der Waals surface area contributed by atoms with Gasteiger partial charge in [-0.25, -0.2) is 13.1 Å². The Balaban J connectivity index is 2.00. The number of benzene rings is 1. The van der Waals surface area contributed by atoms with Gasteiger partial charge in [0.15, 0.2) is 0 Å². The lowest BCUT2D eigenvalue weighted by molar-refractivity contribution is 0.583. The van der Waals surface area contributed by atoms with Gasteiger partial charge in [0.25, 0.3) is 0 Å². The van der Waals surface area contributed by atoms with Gasteiger partial charge < -0.3 is 5.32 Å². The Morgan fingerprint density at radius 1 is 1.05 bits per heavy atom. The van der Waals surface area contributed by atoms with Gasteiger partial charge in [-0.05, 0) is 31.2 Å². The highest BCUT2D eigenvalue weighted by Crippen LogP contribution is 2.21. The van der Waals surface area contributed by atoms with Gasteiger partial charge in [-0.3, -0.25) is 0 Å². The molecule has 0 saturated heterocycles. The van der Waals surface area contributed by atoms with E-state index in [9.17, 15) is 8.42 Å². The van der Waals surface area contributed by atoms with Gasteiger partial charge in [-0.1, -0.05) is 36.8 Å². The normalized spacial score (nSPS) is 11.7. The van der Waals surface area contributed by atoms with Crippen LogP contribution in [-0.2, 0) is 23.1 Å². The molecule has 2 aromatic rings. The molecule has 0 aliphatic rings. The number of sulfonamides is 1. The highest BCUT2D eigenvalue weighted by atomic mass is 32.2. The van der Waals surface area contributed by atoms with E-state index in [1.54, 1.807) is 6.07 Å². The van der Waals surface area contributed by atoms with Crippen LogP contribution in [0.3, 0.4) is 0 Å². The average Bonchev–Trinajstić information content (AvgIpc) is 2.94. The quantitative estimate of drug-likeness (QED) is 0.823. The van der Waals surface area contributed by atoms with Crippen molar-refractivity contribution in [3.8, 4) is 0 Å². The first-order valence-electron chi connectivity index (χ1n) is 6.86. The van der Waals surface area contributed by atoms with Crippen molar-refractivity contribution in [3.63, 3.8) is 0 Å². The molecule has 1 aromatic carbocycles. The van der Waals surface area contributed by atoms with Crippen molar-refractivity contribution < 1.29 is 8.42 Å². The molecular weight excluding hydrogens is 304 g/mol. The van der Waals surface area contributed by atoms with Crippen molar-refractivity contribution in [1.82, 2.24) is 10.0 Å². The molecule has 0 spiro atoms. The molecule has 0 amide bonds. The fraction of sp³-hybridized carbons (Fsp3) is 0.333. The lowest BCUT2D eigenvalue weighted by atomic mass is 10.2. The smallest absolute Gasteiger partial charge is 0.250 e. The zero-order chi connectivity index (χ0) is 15.3. The largest absolute Gasteiger partial charge is 0.312 e. The van der Waals surface area contributed by atoms with E-state index in [-0.39, 0.29) is 0 Å². The molecule has 2 rings (SSSR count). The Morgan fingerprint density at radius 3 is 2.43 bits per heavy atom. The van der Waals surface area contributed by atoms with Crippen molar-refractivity contribution in [2.24, 2.45) is 0 Å². The topological polar surface area (TPSA) is 58.2 Å². The molecule has 0 aliphatic heterocycles. The van der Waals surface area contributed by atoms with Crippen LogP contribution < -0.4 is 10.0 Å². The van der Waals surface area contributed by atoms with Gasteiger partial charge >= 0.3 is 0 Å². The van der Waals surface area contributed by atoms with Crippen LogP contribution in [-0.4, -0.2) is 15.0 Å². The molecule has 0 bridgehead atoms. The number of nitrogens with one attached hydrogen (secondary N) is 2. The van der Waals surface area contributed by atoms with Crippen LogP contribution in [0.25, 0.3) is 0 Å². The van der Waals surface area contributed by atoms with Crippen LogP contribution in [0.1, 0.15) is 22.9 Å². The molecule has 0 saturated carbocycles. The Labute approximate surface area is 130 Å². The summed E-state index contributed by atoms with van der Waals surface area (Å²) in [6.07, 6.45) is 0. The minimum atomic E-state index is -3.43. The Bertz CT molecular complexity index is 676. The van der Waals surface area contributed by atoms with Crippen LogP contribution in [0.2, 0.25) is 0 Å². The molecule has 1 heterocycles. The summed E-state index contributed by atoms with van der Waals surface area (Å²) in [4.78, 5) is 1.02. The summed E-state index contributed by atoms with van der Waals surface area (Å²) in [5.74, 6) is 0. The Hall–Kier alpha value is -1.21. The van der Waals surface area contributed by atoms with Gasteiger partial charge in [0.05, 0.1) is 0 Å². The van der Waals surface area contributed by atoms with Crippen molar-refractivity contribution in [2.75, 3.05) is 6.54 Å². The maximum absolute atomic E-state index is 12.2. The number of hydrogen-bond acceptors (Lipinski definition) is 4. The minimum absolute atomic E-state index is 0.309. The zero-order valence-corrected chi connectivity index (χ0v) is 13.9. The molecular formula is C15H20N2O2S2. The van der Waals surface area contributed by atoms with E-state index in [0.717, 1.165) is 22.5 Å². The van der Waals surface area contributed by atoms with Gasteiger partial charge in [-0.15, -0.1) is 11.3 Å². The summed E-state index contributed by atoms with van der Waals surface area (Å²) in [7, 11) is -3.43. The molecule has 0 atom stereocenters. The van der Waals surface area contributed by atoms with E-state index in [2.05, 4.69) is 10.0 Å². The van der Waals surface area contributed by atoms with E-state index in [4.69, 9.17) is 0 Å². The summed E-state index contributed by atoms with van der Waals surface area (Å²) in [5.41, 5.74) is 2.11. The third-order valence-electron chi connectivity index (χ3n) is 3.04. The monoisotopic (exact) mass is 324 g/mol. The van der Waals surface area contributed by atoms with Crippen molar-refractivity contribution in [3.05, 3.63) is 52.4 Å². The maximum atomic E-state index is 12.2. The number of aryl methyl sites for hydroxylation is 1. The predicted octanol–water partition coefficient (Wildman–Crippen LogP) is 2.64. The third-order valence-corrected chi connectivity index (χ3v) is 6.02. The van der Waals surface area contributed by atoms with Crippen LogP contribution >= 0.6 is 11.3 Å². The second kappa shape index (κ2) is 7.17. The Kier molecular flexibility index (Phi) is 5.52. The average molecular weight is 324 g/mol. The molecule has 6 heteroatoms. The van der Waals surface area contributed by atoms with Crippen LogP contribution in [0, 0.1) is 6.92 Å². The molecule has 0 fully saturated rings. The van der Waals surface area contributed by atoms with Gasteiger partial charge in [0, 0.05) is 18.0 Å². The lowest BCUT2D eigenvalue weighted by Gasteiger charge is -2.05. The molecule has 0 aliphatic carbocycles. The van der Waals surface area contributed by atoms with E-state index in [1.807, 2.05) is 44.2 Å². The van der Waals surface area contributed by atoms with Gasteiger partial charge in [0.2, 0.25) is 10.0 Å². The SMILES string of the molecule is CCNCc1ccc(S(=O)(=O)NCc2ccc(C)cc2)s1. The fourth-order valence-corrected chi connectivity index (χ4v) is 4.19. The first-order valence-corrected chi connectivity index (χ1v) is 9.16. The van der Waals surface area contributed by atoms with Crippen LogP contribution in [0.15, 0.2) is 40.6 Å². The maximum Gasteiger partial charge on any atom is 0.250 e. The summed E-state index contributed by atoms with van der Waals surface area (Å²) in [6.45, 7) is 5.91. The number of rotatable bonds is 7. The molecule has 4 nitrogen and oxygen atoms in total. The molecule has 114 valence electrons. The highest BCUT2D eigenvalue weighted by molar-refractivity contribution is 7.91. The second-order valence-electron chi connectivity index (χ2n) is 4.81. The first-order chi connectivity index (χ1) is 10.0. The fourth-order valence-electron chi connectivity index (χ4n) is 1.80. The molecule has 2 N–H and O–H groups in total. The standard InChI is InChI=1S/C15H20N2O2S2/c1-3-16-11-14-8-9-15(20-14)21(18,19)17-10-13-6-4-12(2)5-7-13/h4-9,16-17H,3,10-11H2,1-2H3. The van der Waals surface area contributed by atoms with Crippen LogP contribution in [0.5, 0.6) is 0 Å². The highest BCUT2D eigenvalue weighted by Gasteiger charge is 2.16. The zero-order valence-electron chi connectivity index (χ0n) is 12.2.